The fourth-order valence-electron chi connectivity index (χ4n) is 1.22. The van der Waals surface area contributed by atoms with Gasteiger partial charge in [0, 0.05) is 18.7 Å². The summed E-state index contributed by atoms with van der Waals surface area (Å²) in [4.78, 5) is 0. The summed E-state index contributed by atoms with van der Waals surface area (Å²) < 4.78 is 1.81. The van der Waals surface area contributed by atoms with Crippen molar-refractivity contribution >= 4 is 11.8 Å². The predicted octanol–water partition coefficient (Wildman–Crippen LogP) is 1.03. The molecule has 5 nitrogen and oxygen atoms in total. The van der Waals surface area contributed by atoms with Crippen LogP contribution in [-0.4, -0.2) is 39.0 Å². The van der Waals surface area contributed by atoms with E-state index in [-0.39, 0.29) is 0 Å². The molecule has 0 fully saturated rings. The Bertz CT molecular complexity index is 355. The fraction of sp³-hybridized carbons (Fsp3) is 0.727. The van der Waals surface area contributed by atoms with Crippen molar-refractivity contribution in [1.29, 1.82) is 0 Å². The maximum atomic E-state index is 5.20. The average Bonchev–Trinajstić information content (AvgIpc) is 2.72. The average molecular weight is 253 g/mol. The molecular weight excluding hydrogens is 234 g/mol. The molecule has 1 heterocycles. The number of tetrazole rings is 1. The van der Waals surface area contributed by atoms with Crippen molar-refractivity contribution in [2.24, 2.45) is 5.92 Å². The highest BCUT2D eigenvalue weighted by molar-refractivity contribution is 7.99. The second-order valence-corrected chi connectivity index (χ2v) is 5.15. The van der Waals surface area contributed by atoms with E-state index in [1.807, 2.05) is 4.68 Å². The molecular formula is C11H19N5S. The zero-order chi connectivity index (χ0) is 12.5. The highest BCUT2D eigenvalue weighted by Gasteiger charge is 2.05. The molecule has 0 unspecified atom stereocenters. The zero-order valence-corrected chi connectivity index (χ0v) is 11.2. The molecule has 0 spiro atoms. The van der Waals surface area contributed by atoms with E-state index >= 15 is 0 Å². The van der Waals surface area contributed by atoms with Crippen molar-refractivity contribution in [2.75, 3.05) is 18.8 Å². The summed E-state index contributed by atoms with van der Waals surface area (Å²) in [6, 6.07) is 0. The summed E-state index contributed by atoms with van der Waals surface area (Å²) in [5, 5.41) is 15.8. The second kappa shape index (κ2) is 8.09. The molecule has 0 aliphatic carbocycles. The van der Waals surface area contributed by atoms with Crippen molar-refractivity contribution in [3.63, 3.8) is 0 Å². The Balaban J connectivity index is 2.28. The van der Waals surface area contributed by atoms with Gasteiger partial charge < -0.3 is 5.32 Å². The van der Waals surface area contributed by atoms with Crippen molar-refractivity contribution in [1.82, 2.24) is 25.5 Å². The van der Waals surface area contributed by atoms with Crippen LogP contribution >= 0.6 is 11.8 Å². The monoisotopic (exact) mass is 253 g/mol. The van der Waals surface area contributed by atoms with Gasteiger partial charge in [-0.05, 0) is 22.9 Å². The van der Waals surface area contributed by atoms with Gasteiger partial charge in [0.05, 0.1) is 6.54 Å². The van der Waals surface area contributed by atoms with Crippen molar-refractivity contribution in [3.05, 3.63) is 0 Å². The van der Waals surface area contributed by atoms with Gasteiger partial charge in [0.1, 0.15) is 0 Å². The summed E-state index contributed by atoms with van der Waals surface area (Å²) >= 11 is 1.60. The maximum absolute atomic E-state index is 5.20. The van der Waals surface area contributed by atoms with Crippen LogP contribution in [0.5, 0.6) is 0 Å². The number of nitrogens with zero attached hydrogens (tertiary/aromatic N) is 4. The topological polar surface area (TPSA) is 55.6 Å². The van der Waals surface area contributed by atoms with Crippen LogP contribution in [0.3, 0.4) is 0 Å². The fourth-order valence-corrected chi connectivity index (χ4v) is 1.99. The van der Waals surface area contributed by atoms with Crippen LogP contribution < -0.4 is 5.32 Å². The quantitative estimate of drug-likeness (QED) is 0.426. The van der Waals surface area contributed by atoms with Crippen molar-refractivity contribution in [3.8, 4) is 12.3 Å². The van der Waals surface area contributed by atoms with Crippen molar-refractivity contribution < 1.29 is 0 Å². The number of nitrogens with one attached hydrogen (secondary N) is 1. The van der Waals surface area contributed by atoms with Crippen LogP contribution in [0, 0.1) is 18.3 Å². The minimum absolute atomic E-state index is 0.661. The molecule has 0 amide bonds. The Morgan fingerprint density at radius 1 is 1.53 bits per heavy atom. The largest absolute Gasteiger partial charge is 0.315 e. The van der Waals surface area contributed by atoms with Gasteiger partial charge in [-0.25, -0.2) is 4.68 Å². The van der Waals surface area contributed by atoms with Crippen molar-refractivity contribution in [2.45, 2.75) is 32.0 Å². The van der Waals surface area contributed by atoms with Gasteiger partial charge in [0.2, 0.25) is 5.16 Å². The molecule has 0 radical (unpaired) electrons. The maximum Gasteiger partial charge on any atom is 0.209 e. The molecule has 0 aromatic carbocycles. The molecule has 1 aromatic heterocycles. The van der Waals surface area contributed by atoms with Gasteiger partial charge in [-0.1, -0.05) is 25.6 Å². The molecule has 0 atom stereocenters. The van der Waals surface area contributed by atoms with Gasteiger partial charge in [-0.2, -0.15) is 0 Å². The van der Waals surface area contributed by atoms with E-state index < -0.39 is 0 Å². The van der Waals surface area contributed by atoms with Crippen LogP contribution in [-0.2, 0) is 6.54 Å². The molecule has 0 saturated carbocycles. The van der Waals surface area contributed by atoms with Gasteiger partial charge in [-0.15, -0.1) is 17.4 Å². The molecule has 17 heavy (non-hydrogen) atoms. The lowest BCUT2D eigenvalue weighted by atomic mass is 10.2. The SMILES string of the molecule is C#CCCSc1nnnn1CCNCC(C)C. The molecule has 0 aliphatic rings. The standard InChI is InChI=1S/C11H19N5S/c1-4-5-8-17-11-13-14-15-16(11)7-6-12-9-10(2)3/h1,10,12H,5-9H2,2-3H3. The summed E-state index contributed by atoms with van der Waals surface area (Å²) in [5.74, 6) is 4.12. The van der Waals surface area contributed by atoms with Crippen LogP contribution in [0.4, 0.5) is 0 Å². The van der Waals surface area contributed by atoms with Gasteiger partial charge in [-0.3, -0.25) is 0 Å². The number of terminal acetylenes is 1. The normalized spacial score (nSPS) is 10.7. The van der Waals surface area contributed by atoms with E-state index in [1.54, 1.807) is 11.8 Å². The first-order valence-corrected chi connectivity index (χ1v) is 6.75. The van der Waals surface area contributed by atoms with E-state index in [0.717, 1.165) is 37.0 Å². The summed E-state index contributed by atoms with van der Waals surface area (Å²) in [5.41, 5.74) is 0. The number of hydrogen-bond donors (Lipinski definition) is 1. The van der Waals surface area contributed by atoms with E-state index in [0.29, 0.717) is 5.92 Å². The third-order valence-corrected chi connectivity index (χ3v) is 2.99. The number of aromatic nitrogens is 4. The summed E-state index contributed by atoms with van der Waals surface area (Å²) in [6.07, 6.45) is 5.94. The number of hydrogen-bond acceptors (Lipinski definition) is 5. The van der Waals surface area contributed by atoms with Gasteiger partial charge in [0.15, 0.2) is 0 Å². The van der Waals surface area contributed by atoms with Crippen LogP contribution in [0.1, 0.15) is 20.3 Å². The lowest BCUT2D eigenvalue weighted by molar-refractivity contribution is 0.482. The highest BCUT2D eigenvalue weighted by Crippen LogP contribution is 2.13. The Morgan fingerprint density at radius 2 is 2.35 bits per heavy atom. The third-order valence-electron chi connectivity index (χ3n) is 2.03. The molecule has 0 bridgehead atoms. The molecule has 0 aliphatic heterocycles. The van der Waals surface area contributed by atoms with E-state index in [4.69, 9.17) is 6.42 Å². The Morgan fingerprint density at radius 3 is 3.06 bits per heavy atom. The Hall–Kier alpha value is -1.06. The number of thioether (sulfide) groups is 1. The van der Waals surface area contributed by atoms with Gasteiger partial charge in [0.25, 0.3) is 0 Å². The van der Waals surface area contributed by atoms with E-state index in [2.05, 4.69) is 40.6 Å². The Labute approximate surface area is 107 Å². The second-order valence-electron chi connectivity index (χ2n) is 4.09. The molecule has 1 rings (SSSR count). The highest BCUT2D eigenvalue weighted by atomic mass is 32.2. The van der Waals surface area contributed by atoms with Crippen LogP contribution in [0.15, 0.2) is 5.16 Å². The zero-order valence-electron chi connectivity index (χ0n) is 10.4. The van der Waals surface area contributed by atoms with E-state index in [9.17, 15) is 0 Å². The lowest BCUT2D eigenvalue weighted by Crippen LogP contribution is -2.24. The van der Waals surface area contributed by atoms with Crippen LogP contribution in [0.25, 0.3) is 0 Å². The van der Waals surface area contributed by atoms with Crippen LogP contribution in [0.2, 0.25) is 0 Å². The molecule has 0 saturated heterocycles. The minimum atomic E-state index is 0.661. The third kappa shape index (κ3) is 5.71. The minimum Gasteiger partial charge on any atom is -0.315 e. The molecule has 1 aromatic rings. The summed E-state index contributed by atoms with van der Waals surface area (Å²) in [6.45, 7) is 7.06. The summed E-state index contributed by atoms with van der Waals surface area (Å²) in [7, 11) is 0. The van der Waals surface area contributed by atoms with E-state index in [1.165, 1.54) is 0 Å². The molecule has 94 valence electrons. The lowest BCUT2D eigenvalue weighted by Gasteiger charge is -2.07. The first kappa shape index (κ1) is 14.0. The smallest absolute Gasteiger partial charge is 0.209 e. The predicted molar refractivity (Wildman–Crippen MR) is 69.7 cm³/mol. The number of rotatable bonds is 8. The Kier molecular flexibility index (Phi) is 6.67. The molecule has 1 N–H and O–H groups in total. The van der Waals surface area contributed by atoms with Gasteiger partial charge >= 0.3 is 0 Å². The first-order valence-electron chi connectivity index (χ1n) is 5.77. The molecule has 6 heteroatoms. The first-order chi connectivity index (χ1) is 8.24.